The van der Waals surface area contributed by atoms with Crippen molar-refractivity contribution in [2.45, 2.75) is 38.8 Å². The van der Waals surface area contributed by atoms with Crippen LogP contribution in [0.15, 0.2) is 22.7 Å². The predicted molar refractivity (Wildman–Crippen MR) is 82.9 cm³/mol. The highest BCUT2D eigenvalue weighted by Crippen LogP contribution is 2.34. The Hall–Kier alpha value is -1.07. The first kappa shape index (κ1) is 15.3. The Morgan fingerprint density at radius 2 is 2.05 bits per heavy atom. The van der Waals surface area contributed by atoms with E-state index in [9.17, 15) is 9.59 Å². The van der Waals surface area contributed by atoms with Gasteiger partial charge in [0.05, 0.1) is 5.69 Å². The average Bonchev–Trinajstić information content (AvgIpc) is 2.36. The maximum absolute atomic E-state index is 12.7. The number of nitrogens with one attached hydrogen (secondary N) is 1. The molecule has 0 saturated carbocycles. The van der Waals surface area contributed by atoms with Gasteiger partial charge in [-0.2, -0.15) is 0 Å². The van der Waals surface area contributed by atoms with Crippen LogP contribution in [0.1, 0.15) is 27.2 Å². The minimum atomic E-state index is -0.926. The van der Waals surface area contributed by atoms with Crippen molar-refractivity contribution in [3.05, 3.63) is 27.7 Å². The van der Waals surface area contributed by atoms with E-state index < -0.39 is 11.6 Å². The molecule has 0 aliphatic carbocycles. The van der Waals surface area contributed by atoms with Gasteiger partial charge >= 0.3 is 0 Å². The monoisotopic (exact) mass is 358 g/mol. The van der Waals surface area contributed by atoms with Crippen molar-refractivity contribution in [1.29, 1.82) is 0 Å². The minimum Gasteiger partial charge on any atom is -0.340 e. The second-order valence-corrected chi connectivity index (χ2v) is 6.60. The number of anilines is 1. The van der Waals surface area contributed by atoms with Crippen LogP contribution in [-0.2, 0) is 9.59 Å². The summed E-state index contributed by atoms with van der Waals surface area (Å²) in [5, 5.41) is 3.28. The quantitative estimate of drug-likeness (QED) is 0.882. The molecule has 1 aromatic carbocycles. The number of benzene rings is 1. The number of carbonyl (C=O) groups is 2. The maximum Gasteiger partial charge on any atom is 0.252 e. The van der Waals surface area contributed by atoms with Crippen LogP contribution in [0.5, 0.6) is 0 Å². The Morgan fingerprint density at radius 1 is 1.40 bits per heavy atom. The van der Waals surface area contributed by atoms with Gasteiger partial charge in [-0.25, -0.2) is 0 Å². The standard InChI is InChI=1S/C14H16BrClN2O2/c1-4-10-12(19)17-14(2,3)13(20)18(10)11-7-8(16)5-6-9(11)15/h5-7,10H,4H2,1-3H3,(H,17,19). The number of carbonyl (C=O) groups excluding carboxylic acids is 2. The molecule has 2 rings (SSSR count). The number of hydrogen-bond acceptors (Lipinski definition) is 2. The van der Waals surface area contributed by atoms with Gasteiger partial charge in [-0.05, 0) is 54.4 Å². The molecule has 1 N–H and O–H groups in total. The van der Waals surface area contributed by atoms with Crippen LogP contribution in [0.2, 0.25) is 5.02 Å². The largest absolute Gasteiger partial charge is 0.340 e. The molecule has 2 amide bonds. The molecule has 1 aromatic rings. The maximum atomic E-state index is 12.7. The van der Waals surface area contributed by atoms with Crippen molar-refractivity contribution in [1.82, 2.24) is 5.32 Å². The second kappa shape index (κ2) is 5.37. The fourth-order valence-electron chi connectivity index (χ4n) is 2.32. The van der Waals surface area contributed by atoms with Gasteiger partial charge in [-0.15, -0.1) is 0 Å². The van der Waals surface area contributed by atoms with Gasteiger partial charge in [0.15, 0.2) is 0 Å². The first-order valence-electron chi connectivity index (χ1n) is 6.38. The molecule has 1 aliphatic rings. The van der Waals surface area contributed by atoms with Gasteiger partial charge in [0.25, 0.3) is 5.91 Å². The normalized spacial score (nSPS) is 21.9. The van der Waals surface area contributed by atoms with Gasteiger partial charge in [0.1, 0.15) is 11.6 Å². The molecule has 0 spiro atoms. The molecule has 4 nitrogen and oxygen atoms in total. The molecule has 1 aliphatic heterocycles. The van der Waals surface area contributed by atoms with Gasteiger partial charge in [-0.1, -0.05) is 18.5 Å². The SMILES string of the molecule is CCC1C(=O)NC(C)(C)C(=O)N1c1cc(Cl)ccc1Br. The zero-order chi connectivity index (χ0) is 15.1. The number of piperazine rings is 1. The number of hydrogen-bond donors (Lipinski definition) is 1. The third kappa shape index (κ3) is 2.56. The van der Waals surface area contributed by atoms with Gasteiger partial charge in [0.2, 0.25) is 5.91 Å². The van der Waals surface area contributed by atoms with Crippen molar-refractivity contribution in [3.8, 4) is 0 Å². The van der Waals surface area contributed by atoms with E-state index in [0.717, 1.165) is 4.47 Å². The van der Waals surface area contributed by atoms with E-state index in [2.05, 4.69) is 21.2 Å². The molecular formula is C14H16BrClN2O2. The van der Waals surface area contributed by atoms with Crippen molar-refractivity contribution in [3.63, 3.8) is 0 Å². The average molecular weight is 360 g/mol. The number of amides is 2. The third-order valence-corrected chi connectivity index (χ3v) is 4.26. The fraction of sp³-hybridized carbons (Fsp3) is 0.429. The Morgan fingerprint density at radius 3 is 2.65 bits per heavy atom. The number of halogens is 2. The van der Waals surface area contributed by atoms with E-state index in [0.29, 0.717) is 17.1 Å². The Bertz CT molecular complexity index is 574. The Kier molecular flexibility index (Phi) is 4.12. The topological polar surface area (TPSA) is 49.4 Å². The summed E-state index contributed by atoms with van der Waals surface area (Å²) >= 11 is 9.45. The van der Waals surface area contributed by atoms with Crippen LogP contribution < -0.4 is 10.2 Å². The van der Waals surface area contributed by atoms with Crippen LogP contribution >= 0.6 is 27.5 Å². The van der Waals surface area contributed by atoms with Crippen molar-refractivity contribution in [2.24, 2.45) is 0 Å². The van der Waals surface area contributed by atoms with E-state index in [1.54, 1.807) is 32.0 Å². The minimum absolute atomic E-state index is 0.146. The van der Waals surface area contributed by atoms with Crippen molar-refractivity contribution in [2.75, 3.05) is 4.90 Å². The lowest BCUT2D eigenvalue weighted by Gasteiger charge is -2.42. The summed E-state index contributed by atoms with van der Waals surface area (Å²) in [6.07, 6.45) is 0.534. The molecule has 1 heterocycles. The van der Waals surface area contributed by atoms with Crippen molar-refractivity contribution >= 4 is 45.0 Å². The molecule has 0 aromatic heterocycles. The summed E-state index contributed by atoms with van der Waals surface area (Å²) in [6, 6.07) is 4.68. The third-order valence-electron chi connectivity index (χ3n) is 3.36. The molecular weight excluding hydrogens is 344 g/mol. The van der Waals surface area contributed by atoms with Gasteiger partial charge in [0, 0.05) is 9.50 Å². The lowest BCUT2D eigenvalue weighted by Crippen LogP contribution is -2.68. The zero-order valence-electron chi connectivity index (χ0n) is 11.5. The number of rotatable bonds is 2. The van der Waals surface area contributed by atoms with Crippen LogP contribution in [0.25, 0.3) is 0 Å². The lowest BCUT2D eigenvalue weighted by molar-refractivity contribution is -0.137. The molecule has 6 heteroatoms. The molecule has 0 radical (unpaired) electrons. The summed E-state index contributed by atoms with van der Waals surface area (Å²) < 4.78 is 0.735. The summed E-state index contributed by atoms with van der Waals surface area (Å²) in [6.45, 7) is 5.27. The smallest absolute Gasteiger partial charge is 0.252 e. The predicted octanol–water partition coefficient (Wildman–Crippen LogP) is 3.12. The van der Waals surface area contributed by atoms with Crippen LogP contribution in [0, 0.1) is 0 Å². The van der Waals surface area contributed by atoms with E-state index in [1.165, 1.54) is 4.90 Å². The van der Waals surface area contributed by atoms with Crippen LogP contribution in [0.3, 0.4) is 0 Å². The summed E-state index contributed by atoms with van der Waals surface area (Å²) in [5.41, 5.74) is -0.304. The molecule has 108 valence electrons. The number of nitrogens with zero attached hydrogens (tertiary/aromatic N) is 1. The van der Waals surface area contributed by atoms with E-state index in [1.807, 2.05) is 6.92 Å². The highest BCUT2D eigenvalue weighted by molar-refractivity contribution is 9.10. The Labute approximate surface area is 131 Å². The van der Waals surface area contributed by atoms with Gasteiger partial charge < -0.3 is 5.32 Å². The molecule has 1 atom stereocenters. The summed E-state index contributed by atoms with van der Waals surface area (Å²) in [4.78, 5) is 26.4. The van der Waals surface area contributed by atoms with E-state index in [-0.39, 0.29) is 11.8 Å². The first-order valence-corrected chi connectivity index (χ1v) is 7.55. The Balaban J connectivity index is 2.57. The molecule has 0 bridgehead atoms. The highest BCUT2D eigenvalue weighted by Gasteiger charge is 2.45. The molecule has 1 unspecified atom stereocenters. The molecule has 20 heavy (non-hydrogen) atoms. The summed E-state index contributed by atoms with van der Waals surface area (Å²) in [7, 11) is 0. The summed E-state index contributed by atoms with van der Waals surface area (Å²) in [5.74, 6) is -0.295. The molecule has 1 fully saturated rings. The second-order valence-electron chi connectivity index (χ2n) is 5.31. The van der Waals surface area contributed by atoms with Crippen LogP contribution in [0.4, 0.5) is 5.69 Å². The lowest BCUT2D eigenvalue weighted by atomic mass is 9.95. The van der Waals surface area contributed by atoms with Crippen molar-refractivity contribution < 1.29 is 9.59 Å². The highest BCUT2D eigenvalue weighted by atomic mass is 79.9. The zero-order valence-corrected chi connectivity index (χ0v) is 13.9. The van der Waals surface area contributed by atoms with Crippen LogP contribution in [-0.4, -0.2) is 23.4 Å². The van der Waals surface area contributed by atoms with E-state index >= 15 is 0 Å². The molecule has 1 saturated heterocycles. The van der Waals surface area contributed by atoms with E-state index in [4.69, 9.17) is 11.6 Å². The first-order chi connectivity index (χ1) is 9.27. The van der Waals surface area contributed by atoms with Gasteiger partial charge in [-0.3, -0.25) is 14.5 Å². The fourth-order valence-corrected chi connectivity index (χ4v) is 2.92.